The zero-order valence-electron chi connectivity index (χ0n) is 12.2. The highest BCUT2D eigenvalue weighted by atomic mass is 35.5. The Balaban J connectivity index is 2.14. The van der Waals surface area contributed by atoms with E-state index < -0.39 is 16.0 Å². The molecule has 0 amide bonds. The van der Waals surface area contributed by atoms with E-state index in [1.165, 1.54) is 24.3 Å². The maximum atomic E-state index is 12.5. The van der Waals surface area contributed by atoms with Crippen molar-refractivity contribution in [3.63, 3.8) is 0 Å². The Kier molecular flexibility index (Phi) is 4.17. The Hall–Kier alpha value is -2.57. The largest absolute Gasteiger partial charge is 0.478 e. The fourth-order valence-corrected chi connectivity index (χ4v) is 3.96. The standard InChI is InChI=1S/C17H12ClNO4S/c18-14-7-3-4-8-16(14)24(22,23)19-15-10-12-6-2-1-5-11(12)9-13(15)17(20)21/h1-10,19H,(H,20,21). The molecule has 0 unspecified atom stereocenters. The summed E-state index contributed by atoms with van der Waals surface area (Å²) in [4.78, 5) is 11.4. The summed E-state index contributed by atoms with van der Waals surface area (Å²) in [5, 5.41) is 10.9. The molecule has 0 fully saturated rings. The van der Waals surface area contributed by atoms with Gasteiger partial charge in [-0.05, 0) is 35.0 Å². The van der Waals surface area contributed by atoms with Crippen molar-refractivity contribution >= 4 is 44.1 Å². The fourth-order valence-electron chi connectivity index (χ4n) is 2.36. The number of carboxylic acids is 1. The average molecular weight is 362 g/mol. The predicted octanol–water partition coefficient (Wildman–Crippen LogP) is 3.99. The van der Waals surface area contributed by atoms with E-state index in [-0.39, 0.29) is 21.2 Å². The first-order valence-corrected chi connectivity index (χ1v) is 8.78. The van der Waals surface area contributed by atoms with Crippen LogP contribution in [-0.2, 0) is 10.0 Å². The first kappa shape index (κ1) is 16.3. The van der Waals surface area contributed by atoms with Crippen LogP contribution < -0.4 is 4.72 Å². The van der Waals surface area contributed by atoms with Gasteiger partial charge in [-0.2, -0.15) is 0 Å². The second kappa shape index (κ2) is 6.14. The Labute approximate surface area is 143 Å². The van der Waals surface area contributed by atoms with Gasteiger partial charge in [0.2, 0.25) is 0 Å². The van der Waals surface area contributed by atoms with Crippen LogP contribution in [0.5, 0.6) is 0 Å². The number of carboxylic acid groups (broad SMARTS) is 1. The van der Waals surface area contributed by atoms with Gasteiger partial charge in [-0.3, -0.25) is 4.72 Å². The minimum Gasteiger partial charge on any atom is -0.478 e. The van der Waals surface area contributed by atoms with Crippen LogP contribution in [0.3, 0.4) is 0 Å². The number of benzene rings is 3. The van der Waals surface area contributed by atoms with Crippen molar-refractivity contribution in [1.29, 1.82) is 0 Å². The Bertz CT molecular complexity index is 1050. The average Bonchev–Trinajstić information content (AvgIpc) is 2.54. The Morgan fingerprint density at radius 2 is 1.54 bits per heavy atom. The van der Waals surface area contributed by atoms with E-state index in [1.807, 2.05) is 0 Å². The molecule has 3 aromatic carbocycles. The molecule has 0 aliphatic heterocycles. The van der Waals surface area contributed by atoms with Gasteiger partial charge in [0.15, 0.2) is 0 Å². The van der Waals surface area contributed by atoms with Crippen molar-refractivity contribution in [2.45, 2.75) is 4.90 Å². The lowest BCUT2D eigenvalue weighted by atomic mass is 10.1. The molecular weight excluding hydrogens is 350 g/mol. The monoisotopic (exact) mass is 361 g/mol. The minimum absolute atomic E-state index is 0.0129. The van der Waals surface area contributed by atoms with E-state index in [9.17, 15) is 18.3 Å². The van der Waals surface area contributed by atoms with Crippen LogP contribution in [0.25, 0.3) is 10.8 Å². The van der Waals surface area contributed by atoms with Crippen molar-refractivity contribution in [2.75, 3.05) is 4.72 Å². The summed E-state index contributed by atoms with van der Waals surface area (Å²) in [6.07, 6.45) is 0. The molecule has 24 heavy (non-hydrogen) atoms. The lowest BCUT2D eigenvalue weighted by Gasteiger charge is -2.13. The zero-order valence-corrected chi connectivity index (χ0v) is 13.8. The smallest absolute Gasteiger partial charge is 0.337 e. The number of halogens is 1. The number of anilines is 1. The molecule has 0 aliphatic carbocycles. The second-order valence-corrected chi connectivity index (χ2v) is 7.14. The van der Waals surface area contributed by atoms with Crippen molar-refractivity contribution in [3.8, 4) is 0 Å². The van der Waals surface area contributed by atoms with E-state index >= 15 is 0 Å². The third-order valence-corrected chi connectivity index (χ3v) is 5.35. The highest BCUT2D eigenvalue weighted by Crippen LogP contribution is 2.28. The molecule has 0 saturated heterocycles. The van der Waals surface area contributed by atoms with Crippen molar-refractivity contribution < 1.29 is 18.3 Å². The van der Waals surface area contributed by atoms with Gasteiger partial charge in [-0.1, -0.05) is 48.0 Å². The van der Waals surface area contributed by atoms with Gasteiger partial charge in [0.25, 0.3) is 10.0 Å². The minimum atomic E-state index is -4.01. The number of nitrogens with one attached hydrogen (secondary N) is 1. The maximum absolute atomic E-state index is 12.5. The lowest BCUT2D eigenvalue weighted by Crippen LogP contribution is -2.16. The molecule has 2 N–H and O–H groups in total. The lowest BCUT2D eigenvalue weighted by molar-refractivity contribution is 0.0698. The quantitative estimate of drug-likeness (QED) is 0.735. The van der Waals surface area contributed by atoms with E-state index in [2.05, 4.69) is 4.72 Å². The number of sulfonamides is 1. The molecule has 0 radical (unpaired) electrons. The number of rotatable bonds is 4. The van der Waals surface area contributed by atoms with E-state index in [1.54, 1.807) is 36.4 Å². The summed E-state index contributed by atoms with van der Waals surface area (Å²) >= 11 is 5.94. The van der Waals surface area contributed by atoms with Gasteiger partial charge in [0.05, 0.1) is 16.3 Å². The molecule has 0 aliphatic rings. The van der Waals surface area contributed by atoms with Crippen molar-refractivity contribution in [1.82, 2.24) is 0 Å². The molecule has 0 aromatic heterocycles. The molecule has 7 heteroatoms. The van der Waals surface area contributed by atoms with Crippen LogP contribution >= 0.6 is 11.6 Å². The van der Waals surface area contributed by atoms with Crippen molar-refractivity contribution in [3.05, 3.63) is 71.2 Å². The van der Waals surface area contributed by atoms with Crippen LogP contribution in [0, 0.1) is 0 Å². The first-order chi connectivity index (χ1) is 11.4. The van der Waals surface area contributed by atoms with Gasteiger partial charge >= 0.3 is 5.97 Å². The predicted molar refractivity (Wildman–Crippen MR) is 93.2 cm³/mol. The molecule has 0 spiro atoms. The molecule has 3 rings (SSSR count). The molecule has 5 nitrogen and oxygen atoms in total. The molecule has 0 atom stereocenters. The normalized spacial score (nSPS) is 11.4. The van der Waals surface area contributed by atoms with Crippen LogP contribution in [0.2, 0.25) is 5.02 Å². The SMILES string of the molecule is O=C(O)c1cc2ccccc2cc1NS(=O)(=O)c1ccccc1Cl. The Morgan fingerprint density at radius 1 is 0.958 bits per heavy atom. The number of carbonyl (C=O) groups is 1. The highest BCUT2D eigenvalue weighted by molar-refractivity contribution is 7.92. The van der Waals surface area contributed by atoms with E-state index in [0.717, 1.165) is 5.39 Å². The molecule has 0 heterocycles. The third-order valence-electron chi connectivity index (χ3n) is 3.49. The van der Waals surface area contributed by atoms with Gasteiger partial charge in [0.1, 0.15) is 4.90 Å². The van der Waals surface area contributed by atoms with Crippen LogP contribution in [-0.4, -0.2) is 19.5 Å². The van der Waals surface area contributed by atoms with Gasteiger partial charge in [0, 0.05) is 0 Å². The summed E-state index contributed by atoms with van der Waals surface area (Å²) in [6, 6.07) is 16.0. The molecule has 3 aromatic rings. The number of aromatic carboxylic acids is 1. The zero-order chi connectivity index (χ0) is 17.3. The van der Waals surface area contributed by atoms with Crippen LogP contribution in [0.15, 0.2) is 65.6 Å². The number of hydrogen-bond acceptors (Lipinski definition) is 3. The van der Waals surface area contributed by atoms with E-state index in [4.69, 9.17) is 11.6 Å². The highest BCUT2D eigenvalue weighted by Gasteiger charge is 2.21. The van der Waals surface area contributed by atoms with Crippen molar-refractivity contribution in [2.24, 2.45) is 0 Å². The van der Waals surface area contributed by atoms with Gasteiger partial charge in [-0.15, -0.1) is 0 Å². The summed E-state index contributed by atoms with van der Waals surface area (Å²) in [7, 11) is -4.01. The number of fused-ring (bicyclic) bond motifs is 1. The maximum Gasteiger partial charge on any atom is 0.337 e. The molecule has 0 saturated carbocycles. The Morgan fingerprint density at radius 3 is 2.17 bits per heavy atom. The summed E-state index contributed by atoms with van der Waals surface area (Å²) in [5.74, 6) is -1.22. The van der Waals surface area contributed by atoms with Crippen LogP contribution in [0.1, 0.15) is 10.4 Å². The topological polar surface area (TPSA) is 83.5 Å². The third kappa shape index (κ3) is 3.06. The van der Waals surface area contributed by atoms with Gasteiger partial charge < -0.3 is 5.11 Å². The molecule has 0 bridgehead atoms. The fraction of sp³-hybridized carbons (Fsp3) is 0. The van der Waals surface area contributed by atoms with E-state index in [0.29, 0.717) is 5.39 Å². The molecule has 122 valence electrons. The van der Waals surface area contributed by atoms with Crippen LogP contribution in [0.4, 0.5) is 5.69 Å². The summed E-state index contributed by atoms with van der Waals surface area (Å²) in [6.45, 7) is 0. The van der Waals surface area contributed by atoms with Gasteiger partial charge in [-0.25, -0.2) is 13.2 Å². The summed E-state index contributed by atoms with van der Waals surface area (Å²) in [5.41, 5.74) is -0.148. The number of hydrogen-bond donors (Lipinski definition) is 2. The second-order valence-electron chi connectivity index (χ2n) is 5.09. The summed E-state index contributed by atoms with van der Waals surface area (Å²) < 4.78 is 27.4. The molecular formula is C17H12ClNO4S. The first-order valence-electron chi connectivity index (χ1n) is 6.92.